The Labute approximate surface area is 129 Å². The number of benzene rings is 1. The average molecular weight is 314 g/mol. The monoisotopic (exact) mass is 313 g/mol. The van der Waals surface area contributed by atoms with E-state index in [0.29, 0.717) is 32.4 Å². The standard InChI is InChI=1S/C15H20ClNO4/c1-21-13-8-6-12(7-9-13)11-17(15(19)20)10-4-2-3-5-14(16)18/h6-9H,2-5,10-11H2,1H3,(H,19,20). The third-order valence-electron chi connectivity index (χ3n) is 3.10. The van der Waals surface area contributed by atoms with Crippen molar-refractivity contribution in [1.29, 1.82) is 0 Å². The number of hydrogen-bond acceptors (Lipinski definition) is 3. The average Bonchev–Trinajstić information content (AvgIpc) is 2.45. The summed E-state index contributed by atoms with van der Waals surface area (Å²) in [5.74, 6) is 0.742. The highest BCUT2D eigenvalue weighted by molar-refractivity contribution is 6.63. The van der Waals surface area contributed by atoms with Gasteiger partial charge in [0.05, 0.1) is 7.11 Å². The topological polar surface area (TPSA) is 66.8 Å². The molecule has 0 radical (unpaired) electrons. The first-order valence-electron chi connectivity index (χ1n) is 6.82. The Morgan fingerprint density at radius 1 is 1.19 bits per heavy atom. The molecule has 1 amide bonds. The molecule has 0 atom stereocenters. The lowest BCUT2D eigenvalue weighted by molar-refractivity contribution is -0.111. The van der Waals surface area contributed by atoms with Gasteiger partial charge >= 0.3 is 6.09 Å². The van der Waals surface area contributed by atoms with Crippen LogP contribution in [-0.2, 0) is 11.3 Å². The van der Waals surface area contributed by atoms with Crippen molar-refractivity contribution < 1.29 is 19.4 Å². The van der Waals surface area contributed by atoms with E-state index < -0.39 is 6.09 Å². The van der Waals surface area contributed by atoms with Crippen LogP contribution in [0.5, 0.6) is 5.75 Å². The number of carboxylic acid groups (broad SMARTS) is 1. The van der Waals surface area contributed by atoms with Crippen LogP contribution in [0.15, 0.2) is 24.3 Å². The number of carbonyl (C=O) groups excluding carboxylic acids is 1. The molecule has 1 rings (SSSR count). The third-order valence-corrected chi connectivity index (χ3v) is 3.29. The molecule has 0 aliphatic heterocycles. The lowest BCUT2D eigenvalue weighted by atomic mass is 10.1. The Kier molecular flexibility index (Phi) is 7.61. The molecule has 1 N–H and O–H groups in total. The van der Waals surface area contributed by atoms with Crippen molar-refractivity contribution in [2.75, 3.05) is 13.7 Å². The van der Waals surface area contributed by atoms with Crippen molar-refractivity contribution in [3.63, 3.8) is 0 Å². The van der Waals surface area contributed by atoms with Gasteiger partial charge in [0, 0.05) is 19.5 Å². The number of halogens is 1. The number of rotatable bonds is 9. The van der Waals surface area contributed by atoms with Crippen molar-refractivity contribution in [2.24, 2.45) is 0 Å². The summed E-state index contributed by atoms with van der Waals surface area (Å²) >= 11 is 5.25. The van der Waals surface area contributed by atoms with E-state index in [-0.39, 0.29) is 5.24 Å². The zero-order valence-electron chi connectivity index (χ0n) is 12.0. The molecule has 0 aliphatic rings. The molecule has 0 unspecified atom stereocenters. The number of unbranched alkanes of at least 4 members (excludes halogenated alkanes) is 2. The van der Waals surface area contributed by atoms with Crippen molar-refractivity contribution in [2.45, 2.75) is 32.2 Å². The highest BCUT2D eigenvalue weighted by Crippen LogP contribution is 2.14. The van der Waals surface area contributed by atoms with Gasteiger partial charge in [-0.1, -0.05) is 18.6 Å². The summed E-state index contributed by atoms with van der Waals surface area (Å²) in [7, 11) is 1.59. The van der Waals surface area contributed by atoms with Gasteiger partial charge in [-0.15, -0.1) is 0 Å². The normalized spacial score (nSPS) is 10.2. The predicted molar refractivity (Wildman–Crippen MR) is 80.8 cm³/mol. The summed E-state index contributed by atoms with van der Waals surface area (Å²) in [4.78, 5) is 23.2. The van der Waals surface area contributed by atoms with Gasteiger partial charge in [-0.3, -0.25) is 4.79 Å². The molecule has 1 aromatic rings. The van der Waals surface area contributed by atoms with Crippen LogP contribution in [0.25, 0.3) is 0 Å². The van der Waals surface area contributed by atoms with Crippen LogP contribution in [0.3, 0.4) is 0 Å². The van der Waals surface area contributed by atoms with Crippen LogP contribution < -0.4 is 4.74 Å². The predicted octanol–water partition coefficient (Wildman–Crippen LogP) is 3.50. The van der Waals surface area contributed by atoms with E-state index in [1.165, 1.54) is 4.90 Å². The first-order chi connectivity index (χ1) is 10.0. The second kappa shape index (κ2) is 9.23. The van der Waals surface area contributed by atoms with Crippen LogP contribution in [-0.4, -0.2) is 35.0 Å². The minimum Gasteiger partial charge on any atom is -0.497 e. The Morgan fingerprint density at radius 3 is 2.38 bits per heavy atom. The fourth-order valence-corrected chi connectivity index (χ4v) is 2.07. The molecule has 0 saturated carbocycles. The van der Waals surface area contributed by atoms with Crippen molar-refractivity contribution in [3.05, 3.63) is 29.8 Å². The molecule has 5 nitrogen and oxygen atoms in total. The molecular weight excluding hydrogens is 294 g/mol. The molecule has 0 aromatic heterocycles. The summed E-state index contributed by atoms with van der Waals surface area (Å²) in [6, 6.07) is 7.31. The van der Waals surface area contributed by atoms with Crippen molar-refractivity contribution >= 4 is 22.9 Å². The van der Waals surface area contributed by atoms with Crippen LogP contribution in [0.4, 0.5) is 4.79 Å². The Balaban J connectivity index is 2.42. The zero-order chi connectivity index (χ0) is 15.7. The largest absolute Gasteiger partial charge is 0.497 e. The maximum absolute atomic E-state index is 11.2. The first-order valence-corrected chi connectivity index (χ1v) is 7.20. The van der Waals surface area contributed by atoms with Crippen LogP contribution in [0.1, 0.15) is 31.2 Å². The lowest BCUT2D eigenvalue weighted by Gasteiger charge is -2.19. The Bertz CT molecular complexity index is 461. The molecule has 0 bridgehead atoms. The van der Waals surface area contributed by atoms with E-state index in [0.717, 1.165) is 17.7 Å². The maximum atomic E-state index is 11.2. The number of hydrogen-bond donors (Lipinski definition) is 1. The SMILES string of the molecule is COc1ccc(CN(CCCCCC(=O)Cl)C(=O)O)cc1. The van der Waals surface area contributed by atoms with E-state index in [1.54, 1.807) is 19.2 Å². The van der Waals surface area contributed by atoms with Gasteiger partial charge in [-0.25, -0.2) is 4.79 Å². The zero-order valence-corrected chi connectivity index (χ0v) is 12.8. The van der Waals surface area contributed by atoms with Gasteiger partial charge in [-0.2, -0.15) is 0 Å². The lowest BCUT2D eigenvalue weighted by Crippen LogP contribution is -2.29. The molecule has 0 saturated heterocycles. The summed E-state index contributed by atoms with van der Waals surface area (Å²) in [6.07, 6.45) is 1.59. The maximum Gasteiger partial charge on any atom is 0.407 e. The molecule has 0 spiro atoms. The summed E-state index contributed by atoms with van der Waals surface area (Å²) in [6.45, 7) is 0.783. The summed E-state index contributed by atoms with van der Waals surface area (Å²) in [5, 5.41) is 8.86. The molecular formula is C15H20ClNO4. The highest BCUT2D eigenvalue weighted by Gasteiger charge is 2.12. The fraction of sp³-hybridized carbons (Fsp3) is 0.467. The Morgan fingerprint density at radius 2 is 1.86 bits per heavy atom. The number of nitrogens with zero attached hydrogens (tertiary/aromatic N) is 1. The van der Waals surface area contributed by atoms with Gasteiger partial charge in [-0.05, 0) is 42.1 Å². The second-order valence-corrected chi connectivity index (χ2v) is 5.14. The van der Waals surface area contributed by atoms with Gasteiger partial charge in [0.2, 0.25) is 5.24 Å². The molecule has 0 aliphatic carbocycles. The van der Waals surface area contributed by atoms with Gasteiger partial charge in [0.25, 0.3) is 0 Å². The summed E-state index contributed by atoms with van der Waals surface area (Å²) in [5.41, 5.74) is 0.911. The van der Waals surface area contributed by atoms with E-state index in [9.17, 15) is 14.7 Å². The third kappa shape index (κ3) is 6.99. The summed E-state index contributed by atoms with van der Waals surface area (Å²) < 4.78 is 5.06. The van der Waals surface area contributed by atoms with E-state index >= 15 is 0 Å². The number of amides is 1. The molecule has 6 heteroatoms. The molecule has 21 heavy (non-hydrogen) atoms. The second-order valence-electron chi connectivity index (χ2n) is 4.72. The number of methoxy groups -OCH3 is 1. The molecule has 0 heterocycles. The quantitative estimate of drug-likeness (QED) is 0.559. The minimum atomic E-state index is -0.945. The molecule has 0 fully saturated rings. The van der Waals surface area contributed by atoms with Crippen LogP contribution >= 0.6 is 11.6 Å². The van der Waals surface area contributed by atoms with Crippen LogP contribution in [0, 0.1) is 0 Å². The fourth-order valence-electron chi connectivity index (χ4n) is 1.94. The van der Waals surface area contributed by atoms with E-state index in [2.05, 4.69) is 0 Å². The van der Waals surface area contributed by atoms with Gasteiger partial charge in [0.15, 0.2) is 0 Å². The van der Waals surface area contributed by atoms with Crippen molar-refractivity contribution in [3.8, 4) is 5.75 Å². The first kappa shape index (κ1) is 17.3. The van der Waals surface area contributed by atoms with Gasteiger partial charge in [0.1, 0.15) is 5.75 Å². The molecule has 116 valence electrons. The number of ether oxygens (including phenoxy) is 1. The van der Waals surface area contributed by atoms with E-state index in [1.807, 2.05) is 12.1 Å². The van der Waals surface area contributed by atoms with Gasteiger partial charge < -0.3 is 14.7 Å². The minimum absolute atomic E-state index is 0.340. The van der Waals surface area contributed by atoms with Crippen LogP contribution in [0.2, 0.25) is 0 Å². The van der Waals surface area contributed by atoms with E-state index in [4.69, 9.17) is 16.3 Å². The smallest absolute Gasteiger partial charge is 0.407 e. The number of carbonyl (C=O) groups is 2. The van der Waals surface area contributed by atoms with Crippen molar-refractivity contribution in [1.82, 2.24) is 4.90 Å². The molecule has 1 aromatic carbocycles. The highest BCUT2D eigenvalue weighted by atomic mass is 35.5. The Hall–Kier alpha value is -1.75.